The molecular weight excluding hydrogens is 452 g/mol. The first kappa shape index (κ1) is 23.5. The summed E-state index contributed by atoms with van der Waals surface area (Å²) < 4.78 is 26.1. The van der Waals surface area contributed by atoms with Crippen LogP contribution in [0.5, 0.6) is 0 Å². The van der Waals surface area contributed by atoms with Crippen LogP contribution in [0.25, 0.3) is 11.1 Å². The van der Waals surface area contributed by atoms with Crippen LogP contribution >= 0.6 is 0 Å². The molecule has 0 unspecified atom stereocenters. The topological polar surface area (TPSA) is 69.7 Å². The van der Waals surface area contributed by atoms with Crippen LogP contribution in [0, 0.1) is 11.3 Å². The summed E-state index contributed by atoms with van der Waals surface area (Å²) in [5.74, 6) is -3.63. The van der Waals surface area contributed by atoms with E-state index in [1.165, 1.54) is 0 Å². The molecular formula is C27H29F2N3O3. The van der Waals surface area contributed by atoms with Gasteiger partial charge in [0.25, 0.3) is 5.91 Å². The Morgan fingerprint density at radius 3 is 2.11 bits per heavy atom. The van der Waals surface area contributed by atoms with E-state index < -0.39 is 24.7 Å². The average molecular weight is 482 g/mol. The van der Waals surface area contributed by atoms with Gasteiger partial charge in [0.15, 0.2) is 0 Å². The van der Waals surface area contributed by atoms with E-state index in [1.54, 1.807) is 35.2 Å². The third-order valence-corrected chi connectivity index (χ3v) is 7.43. The molecule has 6 nitrogen and oxygen atoms in total. The van der Waals surface area contributed by atoms with Gasteiger partial charge in [-0.3, -0.25) is 14.4 Å². The number of alkyl halides is 2. The second-order valence-electron chi connectivity index (χ2n) is 10.3. The Balaban J connectivity index is 1.18. The number of hydrogen-bond donors (Lipinski definition) is 1. The Hall–Kier alpha value is -3.29. The number of amides is 3. The van der Waals surface area contributed by atoms with E-state index in [1.807, 2.05) is 30.0 Å². The monoisotopic (exact) mass is 481 g/mol. The maximum absolute atomic E-state index is 13.1. The molecule has 2 saturated carbocycles. The number of carbonyl (C=O) groups excluding carboxylic acids is 3. The lowest BCUT2D eigenvalue weighted by Crippen LogP contribution is -2.52. The van der Waals surface area contributed by atoms with Crippen molar-refractivity contribution < 1.29 is 23.2 Å². The summed E-state index contributed by atoms with van der Waals surface area (Å²) in [5.41, 5.74) is 2.67. The number of carbonyl (C=O) groups is 3. The molecule has 1 saturated heterocycles. The zero-order chi connectivity index (χ0) is 24.8. The van der Waals surface area contributed by atoms with Gasteiger partial charge in [0.2, 0.25) is 17.7 Å². The molecule has 1 N–H and O–H groups in total. The highest BCUT2D eigenvalue weighted by Crippen LogP contribution is 2.46. The molecule has 3 fully saturated rings. The molecule has 0 bridgehead atoms. The lowest BCUT2D eigenvalue weighted by Gasteiger charge is -2.36. The Morgan fingerprint density at radius 1 is 0.886 bits per heavy atom. The standard InChI is InChI=1S/C27H29F2N3O3/c1-26(9-10-26)25(35)32-13-11-31(12-14-32)24(34)19-7-5-18(6-8-19)20-3-2-4-22(15-20)30-23(33)21-16-27(28,29)17-21/h2-8,15,21H,9-14,16-17H2,1H3,(H,30,33). The van der Waals surface area contributed by atoms with Crippen molar-refractivity contribution in [2.24, 2.45) is 11.3 Å². The van der Waals surface area contributed by atoms with Crippen LogP contribution < -0.4 is 5.32 Å². The minimum Gasteiger partial charge on any atom is -0.339 e. The first-order valence-electron chi connectivity index (χ1n) is 12.1. The van der Waals surface area contributed by atoms with E-state index in [2.05, 4.69) is 5.32 Å². The lowest BCUT2D eigenvalue weighted by molar-refractivity contribution is -0.145. The van der Waals surface area contributed by atoms with Crippen molar-refractivity contribution in [2.45, 2.75) is 38.5 Å². The van der Waals surface area contributed by atoms with Gasteiger partial charge in [-0.2, -0.15) is 0 Å². The molecule has 0 spiro atoms. The quantitative estimate of drug-likeness (QED) is 0.687. The van der Waals surface area contributed by atoms with Crippen molar-refractivity contribution in [1.29, 1.82) is 0 Å². The molecule has 8 heteroatoms. The van der Waals surface area contributed by atoms with Crippen molar-refractivity contribution >= 4 is 23.4 Å². The molecule has 0 aromatic heterocycles. The number of piperazine rings is 1. The molecule has 3 aliphatic rings. The molecule has 2 aromatic rings. The number of nitrogens with zero attached hydrogens (tertiary/aromatic N) is 2. The summed E-state index contributed by atoms with van der Waals surface area (Å²) in [4.78, 5) is 41.4. The Labute approximate surface area is 203 Å². The van der Waals surface area contributed by atoms with Gasteiger partial charge in [-0.05, 0) is 48.2 Å². The zero-order valence-corrected chi connectivity index (χ0v) is 19.7. The fourth-order valence-corrected chi connectivity index (χ4v) is 4.75. The van der Waals surface area contributed by atoms with Crippen molar-refractivity contribution in [3.05, 3.63) is 54.1 Å². The molecule has 2 aliphatic carbocycles. The summed E-state index contributed by atoms with van der Waals surface area (Å²) in [6, 6.07) is 14.5. The summed E-state index contributed by atoms with van der Waals surface area (Å²) in [5, 5.41) is 2.73. The van der Waals surface area contributed by atoms with Crippen LogP contribution in [0.4, 0.5) is 14.5 Å². The number of nitrogens with one attached hydrogen (secondary N) is 1. The van der Waals surface area contributed by atoms with Gasteiger partial charge in [-0.25, -0.2) is 8.78 Å². The fourth-order valence-electron chi connectivity index (χ4n) is 4.75. The predicted octanol–water partition coefficient (Wildman–Crippen LogP) is 4.42. The van der Waals surface area contributed by atoms with Gasteiger partial charge < -0.3 is 15.1 Å². The van der Waals surface area contributed by atoms with Crippen molar-refractivity contribution in [2.75, 3.05) is 31.5 Å². The van der Waals surface area contributed by atoms with Crippen LogP contribution in [-0.4, -0.2) is 59.6 Å². The van der Waals surface area contributed by atoms with Crippen LogP contribution in [0.1, 0.15) is 43.0 Å². The summed E-state index contributed by atoms with van der Waals surface area (Å²) >= 11 is 0. The lowest BCUT2D eigenvalue weighted by atomic mass is 9.81. The van der Waals surface area contributed by atoms with Crippen molar-refractivity contribution in [1.82, 2.24) is 9.80 Å². The summed E-state index contributed by atoms with van der Waals surface area (Å²) in [6.07, 6.45) is 1.09. The number of halogens is 2. The maximum atomic E-state index is 13.1. The van der Waals surface area contributed by atoms with Crippen LogP contribution in [0.2, 0.25) is 0 Å². The number of rotatable bonds is 5. The smallest absolute Gasteiger partial charge is 0.253 e. The third-order valence-electron chi connectivity index (χ3n) is 7.43. The normalized spacial score (nSPS) is 20.7. The van der Waals surface area contributed by atoms with Crippen molar-refractivity contribution in [3.63, 3.8) is 0 Å². The minimum atomic E-state index is -2.73. The fraction of sp³-hybridized carbons (Fsp3) is 0.444. The van der Waals surface area contributed by atoms with Gasteiger partial charge in [-0.1, -0.05) is 31.2 Å². The van der Waals surface area contributed by atoms with Gasteiger partial charge in [0, 0.05) is 61.6 Å². The van der Waals surface area contributed by atoms with E-state index in [0.717, 1.165) is 24.0 Å². The Morgan fingerprint density at radius 2 is 1.51 bits per heavy atom. The van der Waals surface area contributed by atoms with E-state index in [4.69, 9.17) is 0 Å². The first-order valence-corrected chi connectivity index (χ1v) is 12.1. The molecule has 2 aromatic carbocycles. The SMILES string of the molecule is CC1(C(=O)N2CCN(C(=O)c3ccc(-c4cccc(NC(=O)C5CC(F)(F)C5)c4)cc3)CC2)CC1. The highest BCUT2D eigenvalue weighted by molar-refractivity contribution is 5.96. The predicted molar refractivity (Wildman–Crippen MR) is 128 cm³/mol. The van der Waals surface area contributed by atoms with E-state index in [-0.39, 0.29) is 23.1 Å². The molecule has 3 amide bonds. The molecule has 5 rings (SSSR count). The molecule has 0 atom stereocenters. The maximum Gasteiger partial charge on any atom is 0.253 e. The second-order valence-corrected chi connectivity index (χ2v) is 10.3. The van der Waals surface area contributed by atoms with Gasteiger partial charge in [-0.15, -0.1) is 0 Å². The van der Waals surface area contributed by atoms with Crippen LogP contribution in [0.15, 0.2) is 48.5 Å². The minimum absolute atomic E-state index is 0.0559. The van der Waals surface area contributed by atoms with Crippen LogP contribution in [0.3, 0.4) is 0 Å². The molecule has 35 heavy (non-hydrogen) atoms. The average Bonchev–Trinajstić information content (AvgIpc) is 3.60. The second kappa shape index (κ2) is 8.73. The van der Waals surface area contributed by atoms with Crippen molar-refractivity contribution in [3.8, 4) is 11.1 Å². The third kappa shape index (κ3) is 4.92. The number of anilines is 1. The number of benzene rings is 2. The highest BCUT2D eigenvalue weighted by atomic mass is 19.3. The molecule has 184 valence electrons. The number of hydrogen-bond acceptors (Lipinski definition) is 3. The first-order chi connectivity index (χ1) is 16.6. The Kier molecular flexibility index (Phi) is 5.85. The Bertz CT molecular complexity index is 1140. The van der Waals surface area contributed by atoms with E-state index >= 15 is 0 Å². The van der Waals surface area contributed by atoms with Crippen LogP contribution in [-0.2, 0) is 9.59 Å². The van der Waals surface area contributed by atoms with E-state index in [9.17, 15) is 23.2 Å². The van der Waals surface area contributed by atoms with E-state index in [0.29, 0.717) is 37.4 Å². The van der Waals surface area contributed by atoms with Gasteiger partial charge >= 0.3 is 0 Å². The molecule has 0 radical (unpaired) electrons. The summed E-state index contributed by atoms with van der Waals surface area (Å²) in [7, 11) is 0. The van der Waals surface area contributed by atoms with Gasteiger partial charge in [0.1, 0.15) is 0 Å². The highest BCUT2D eigenvalue weighted by Gasteiger charge is 2.49. The van der Waals surface area contributed by atoms with Gasteiger partial charge in [0.05, 0.1) is 0 Å². The zero-order valence-electron chi connectivity index (χ0n) is 19.7. The summed E-state index contributed by atoms with van der Waals surface area (Å²) in [6.45, 7) is 4.19. The largest absolute Gasteiger partial charge is 0.339 e. The molecule has 1 aliphatic heterocycles. The molecule has 1 heterocycles.